The number of nitrogens with one attached hydrogen (secondary N) is 2. The van der Waals surface area contributed by atoms with E-state index in [1.165, 1.54) is 0 Å². The second-order valence-corrected chi connectivity index (χ2v) is 14.1. The highest BCUT2D eigenvalue weighted by atomic mass is 35.5. The minimum atomic E-state index is -0.439. The number of hydrazone groups is 1. The first-order valence-corrected chi connectivity index (χ1v) is 17.6. The van der Waals surface area contributed by atoms with Gasteiger partial charge in [0.15, 0.2) is 4.32 Å². The van der Waals surface area contributed by atoms with Crippen LogP contribution in [-0.4, -0.2) is 39.0 Å². The van der Waals surface area contributed by atoms with Gasteiger partial charge in [0.1, 0.15) is 5.75 Å². The fourth-order valence-corrected chi connectivity index (χ4v) is 7.48. The molecule has 1 saturated heterocycles. The van der Waals surface area contributed by atoms with Gasteiger partial charge < -0.3 is 10.1 Å². The number of benzene rings is 5. The SMILES string of the molecule is COc1ccc(C2CC(c3ccc4ccccc4c3)=NN2/C=C2\SC(=S)N(NC(=O)Cc3ccccc3Nc3c(Cl)cccc3Cl)C2=O)cc1. The molecule has 1 unspecified atom stereocenters. The van der Waals surface area contributed by atoms with Crippen LogP contribution < -0.4 is 15.5 Å². The molecule has 2 heterocycles. The first-order chi connectivity index (χ1) is 24.3. The molecule has 250 valence electrons. The van der Waals surface area contributed by atoms with Gasteiger partial charge in [-0.15, -0.1) is 0 Å². The normalized spacial score (nSPS) is 16.7. The number of amides is 2. The number of carbonyl (C=O) groups is 2. The van der Waals surface area contributed by atoms with Crippen molar-refractivity contribution in [2.75, 3.05) is 12.4 Å². The van der Waals surface area contributed by atoms with Crippen molar-refractivity contribution in [3.63, 3.8) is 0 Å². The van der Waals surface area contributed by atoms with E-state index < -0.39 is 11.8 Å². The number of thioether (sulfide) groups is 1. The topological polar surface area (TPSA) is 86.3 Å². The Hall–Kier alpha value is -4.87. The Kier molecular flexibility index (Phi) is 9.78. The molecule has 0 spiro atoms. The lowest BCUT2D eigenvalue weighted by atomic mass is 9.97. The van der Waals surface area contributed by atoms with E-state index in [0.717, 1.165) is 50.1 Å². The van der Waals surface area contributed by atoms with Gasteiger partial charge in [0, 0.05) is 18.3 Å². The fourth-order valence-electron chi connectivity index (χ4n) is 5.85. The number of para-hydroxylation sites is 2. The molecule has 0 bridgehead atoms. The maximum Gasteiger partial charge on any atom is 0.286 e. The van der Waals surface area contributed by atoms with E-state index in [0.29, 0.717) is 38.3 Å². The molecule has 1 fully saturated rings. The molecule has 8 nitrogen and oxygen atoms in total. The molecule has 7 rings (SSSR count). The van der Waals surface area contributed by atoms with Gasteiger partial charge in [-0.3, -0.25) is 20.0 Å². The van der Waals surface area contributed by atoms with Crippen LogP contribution >= 0.6 is 47.2 Å². The molecule has 2 amide bonds. The van der Waals surface area contributed by atoms with Gasteiger partial charge in [0.2, 0.25) is 5.91 Å². The van der Waals surface area contributed by atoms with E-state index in [1.54, 1.807) is 31.5 Å². The number of methoxy groups -OCH3 is 1. The van der Waals surface area contributed by atoms with Crippen LogP contribution in [0, 0.1) is 0 Å². The maximum absolute atomic E-state index is 13.7. The highest BCUT2D eigenvalue weighted by Gasteiger charge is 2.36. The first kappa shape index (κ1) is 33.6. The van der Waals surface area contributed by atoms with Crippen LogP contribution in [-0.2, 0) is 16.0 Å². The van der Waals surface area contributed by atoms with E-state index in [1.807, 2.05) is 65.7 Å². The van der Waals surface area contributed by atoms with Crippen LogP contribution in [0.3, 0.4) is 0 Å². The van der Waals surface area contributed by atoms with Crippen LogP contribution in [0.25, 0.3) is 10.8 Å². The van der Waals surface area contributed by atoms with Crippen molar-refractivity contribution in [1.29, 1.82) is 0 Å². The molecule has 0 saturated carbocycles. The van der Waals surface area contributed by atoms with Crippen molar-refractivity contribution in [1.82, 2.24) is 15.4 Å². The smallest absolute Gasteiger partial charge is 0.286 e. The summed E-state index contributed by atoms with van der Waals surface area (Å²) in [5.74, 6) is -0.113. The Labute approximate surface area is 308 Å². The summed E-state index contributed by atoms with van der Waals surface area (Å²) in [7, 11) is 1.63. The molecule has 2 aliphatic rings. The highest BCUT2D eigenvalue weighted by Crippen LogP contribution is 2.38. The van der Waals surface area contributed by atoms with Crippen molar-refractivity contribution in [3.05, 3.63) is 147 Å². The van der Waals surface area contributed by atoms with Crippen molar-refractivity contribution in [3.8, 4) is 5.75 Å². The monoisotopic (exact) mass is 737 g/mol. The van der Waals surface area contributed by atoms with Gasteiger partial charge in [-0.25, -0.2) is 0 Å². The highest BCUT2D eigenvalue weighted by molar-refractivity contribution is 8.26. The van der Waals surface area contributed by atoms with E-state index in [-0.39, 0.29) is 16.8 Å². The number of rotatable bonds is 9. The lowest BCUT2D eigenvalue weighted by Gasteiger charge is -2.21. The zero-order valence-electron chi connectivity index (χ0n) is 26.6. The van der Waals surface area contributed by atoms with Crippen LogP contribution in [0.2, 0.25) is 10.0 Å². The largest absolute Gasteiger partial charge is 0.497 e. The molecule has 2 aliphatic heterocycles. The van der Waals surface area contributed by atoms with Gasteiger partial charge >= 0.3 is 0 Å². The molecule has 5 aromatic rings. The standard InChI is InChI=1S/C38H29Cl2N5O3S2/c1-48-28-17-15-24(16-18-28)33-21-32(27-14-13-23-7-2-3-8-25(23)19-27)42-44(33)22-34-37(47)45(38(49)50-34)43-35(46)20-26-9-4-5-12-31(26)41-36-29(39)10-6-11-30(36)40/h2-19,22,33,41H,20-21H2,1H3,(H,43,46)/b34-22-. The number of thiocarbonyl (C=S) groups is 1. The quantitative estimate of drug-likeness (QED) is 0.115. The molecular formula is C38H29Cl2N5O3S2. The zero-order valence-corrected chi connectivity index (χ0v) is 29.7. The maximum atomic E-state index is 13.7. The number of anilines is 2. The number of nitrogens with zero attached hydrogens (tertiary/aromatic N) is 3. The van der Waals surface area contributed by atoms with Crippen LogP contribution in [0.5, 0.6) is 5.75 Å². The van der Waals surface area contributed by atoms with E-state index in [2.05, 4.69) is 41.1 Å². The molecule has 0 aliphatic carbocycles. The number of hydrogen-bond acceptors (Lipinski definition) is 8. The summed E-state index contributed by atoms with van der Waals surface area (Å²) in [6.45, 7) is 0. The van der Waals surface area contributed by atoms with Crippen molar-refractivity contribution in [2.24, 2.45) is 5.10 Å². The van der Waals surface area contributed by atoms with E-state index in [4.69, 9.17) is 45.3 Å². The summed E-state index contributed by atoms with van der Waals surface area (Å²) < 4.78 is 5.59. The van der Waals surface area contributed by atoms with E-state index >= 15 is 0 Å². The Morgan fingerprint density at radius 2 is 1.68 bits per heavy atom. The lowest BCUT2D eigenvalue weighted by molar-refractivity contribution is -0.132. The number of halogens is 2. The van der Waals surface area contributed by atoms with Crippen molar-refractivity contribution < 1.29 is 14.3 Å². The second-order valence-electron chi connectivity index (χ2n) is 11.6. The third kappa shape index (κ3) is 7.06. The van der Waals surface area contributed by atoms with Gasteiger partial charge in [-0.05, 0) is 76.1 Å². The second kappa shape index (κ2) is 14.5. The van der Waals surface area contributed by atoms with Crippen LogP contribution in [0.1, 0.15) is 29.2 Å². The molecule has 5 aromatic carbocycles. The molecule has 50 heavy (non-hydrogen) atoms. The summed E-state index contributed by atoms with van der Waals surface area (Å²) in [6, 6.07) is 34.6. The number of ether oxygens (including phenoxy) is 1. The average molecular weight is 739 g/mol. The number of carbonyl (C=O) groups excluding carboxylic acids is 2. The minimum Gasteiger partial charge on any atom is -0.497 e. The van der Waals surface area contributed by atoms with Gasteiger partial charge in [0.25, 0.3) is 5.91 Å². The molecule has 2 N–H and O–H groups in total. The fraction of sp³-hybridized carbons (Fsp3) is 0.105. The Morgan fingerprint density at radius 3 is 2.44 bits per heavy atom. The predicted octanol–water partition coefficient (Wildman–Crippen LogP) is 9.03. The van der Waals surface area contributed by atoms with Gasteiger partial charge in [0.05, 0.1) is 45.9 Å². The Bertz CT molecular complexity index is 2190. The predicted molar refractivity (Wildman–Crippen MR) is 206 cm³/mol. The summed E-state index contributed by atoms with van der Waals surface area (Å²) in [6.07, 6.45) is 2.29. The first-order valence-electron chi connectivity index (χ1n) is 15.6. The van der Waals surface area contributed by atoms with Crippen molar-refractivity contribution >= 4 is 91.2 Å². The third-order valence-electron chi connectivity index (χ3n) is 8.40. The van der Waals surface area contributed by atoms with Gasteiger partial charge in [-0.1, -0.05) is 108 Å². The number of hydrogen-bond donors (Lipinski definition) is 2. The summed E-state index contributed by atoms with van der Waals surface area (Å²) in [5, 5.41) is 14.3. The number of hydrazine groups is 1. The minimum absolute atomic E-state index is 0.0353. The lowest BCUT2D eigenvalue weighted by Crippen LogP contribution is -2.45. The average Bonchev–Trinajstić information content (AvgIpc) is 3.66. The van der Waals surface area contributed by atoms with Gasteiger partial charge in [-0.2, -0.15) is 10.1 Å². The van der Waals surface area contributed by atoms with Crippen molar-refractivity contribution in [2.45, 2.75) is 18.9 Å². The summed E-state index contributed by atoms with van der Waals surface area (Å²) in [5.41, 5.74) is 7.47. The molecular weight excluding hydrogens is 709 g/mol. The molecule has 12 heteroatoms. The molecule has 1 atom stereocenters. The summed E-state index contributed by atoms with van der Waals surface area (Å²) >= 11 is 19.4. The van der Waals surface area contributed by atoms with Crippen LogP contribution in [0.4, 0.5) is 11.4 Å². The number of fused-ring (bicyclic) bond motifs is 1. The zero-order chi connectivity index (χ0) is 34.8. The third-order valence-corrected chi connectivity index (χ3v) is 10.3. The Balaban J connectivity index is 1.11. The molecule has 0 radical (unpaired) electrons. The van der Waals surface area contributed by atoms with Crippen LogP contribution in [0.15, 0.2) is 125 Å². The van der Waals surface area contributed by atoms with E-state index in [9.17, 15) is 9.59 Å². The summed E-state index contributed by atoms with van der Waals surface area (Å²) in [4.78, 5) is 27.4. The molecule has 0 aromatic heterocycles. The Morgan fingerprint density at radius 1 is 0.960 bits per heavy atom.